The highest BCUT2D eigenvalue weighted by atomic mass is 79.9. The lowest BCUT2D eigenvalue weighted by Crippen LogP contribution is -2.41. The van der Waals surface area contributed by atoms with Crippen LogP contribution in [0.3, 0.4) is 0 Å². The Balaban J connectivity index is 2.30. The summed E-state index contributed by atoms with van der Waals surface area (Å²) >= 11 is 3.40. The number of nitrogens with one attached hydrogen (secondary N) is 1. The number of hydrogen-bond acceptors (Lipinski definition) is 4. The Morgan fingerprint density at radius 3 is 2.63 bits per heavy atom. The van der Waals surface area contributed by atoms with E-state index in [1.807, 2.05) is 24.3 Å². The molecule has 19 heavy (non-hydrogen) atoms. The highest BCUT2D eigenvalue weighted by Crippen LogP contribution is 2.29. The van der Waals surface area contributed by atoms with Crippen LogP contribution < -0.4 is 5.32 Å². The van der Waals surface area contributed by atoms with E-state index in [0.717, 1.165) is 23.0 Å². The van der Waals surface area contributed by atoms with Gasteiger partial charge in [0.2, 0.25) is 0 Å². The minimum absolute atomic E-state index is 0.0350. The number of carbonyl (C=O) groups excluding carboxylic acids is 1. The Hall–Kier alpha value is -0.910. The topological polar surface area (TPSA) is 47.6 Å². The molecule has 1 aromatic rings. The van der Waals surface area contributed by atoms with Crippen molar-refractivity contribution < 1.29 is 14.3 Å². The molecular formula is C14H18BrNO3. The fourth-order valence-electron chi connectivity index (χ4n) is 2.59. The molecule has 1 saturated heterocycles. The van der Waals surface area contributed by atoms with E-state index in [1.54, 1.807) is 7.11 Å². The van der Waals surface area contributed by atoms with E-state index in [0.29, 0.717) is 0 Å². The van der Waals surface area contributed by atoms with Crippen LogP contribution in [0.4, 0.5) is 0 Å². The van der Waals surface area contributed by atoms with E-state index >= 15 is 0 Å². The van der Waals surface area contributed by atoms with Crippen LogP contribution in [0.1, 0.15) is 17.9 Å². The number of halogens is 1. The average Bonchev–Trinajstić information content (AvgIpc) is 2.89. The molecule has 3 atom stereocenters. The molecule has 1 heterocycles. The maximum absolute atomic E-state index is 12.1. The zero-order valence-electron chi connectivity index (χ0n) is 11.1. The van der Waals surface area contributed by atoms with Gasteiger partial charge in [-0.1, -0.05) is 28.1 Å². The van der Waals surface area contributed by atoms with E-state index in [-0.39, 0.29) is 24.0 Å². The standard InChI is InChI=1S/C14H18BrNO3/c1-18-11-7-8-16-13(11)12(14(17)19-2)9-3-5-10(15)6-4-9/h3-6,11-13,16H,7-8H2,1-2H3/t11-,12-,13-/m1/s1. The molecule has 0 bridgehead atoms. The largest absolute Gasteiger partial charge is 0.469 e. The van der Waals surface area contributed by atoms with Gasteiger partial charge in [0.25, 0.3) is 0 Å². The fourth-order valence-corrected chi connectivity index (χ4v) is 2.85. The van der Waals surface area contributed by atoms with Gasteiger partial charge in [0.15, 0.2) is 0 Å². The van der Waals surface area contributed by atoms with Crippen molar-refractivity contribution in [2.75, 3.05) is 20.8 Å². The van der Waals surface area contributed by atoms with Crippen LogP contribution in [-0.2, 0) is 14.3 Å². The first-order valence-corrected chi connectivity index (χ1v) is 7.06. The van der Waals surface area contributed by atoms with Crippen molar-refractivity contribution in [3.63, 3.8) is 0 Å². The first-order chi connectivity index (χ1) is 9.17. The molecule has 0 aromatic heterocycles. The number of benzene rings is 1. The van der Waals surface area contributed by atoms with Crippen LogP contribution in [-0.4, -0.2) is 38.9 Å². The summed E-state index contributed by atoms with van der Waals surface area (Å²) in [5.74, 6) is -0.575. The summed E-state index contributed by atoms with van der Waals surface area (Å²) < 4.78 is 11.4. The van der Waals surface area contributed by atoms with E-state index in [2.05, 4.69) is 21.2 Å². The molecule has 0 unspecified atom stereocenters. The van der Waals surface area contributed by atoms with Gasteiger partial charge in [-0.2, -0.15) is 0 Å². The molecule has 0 spiro atoms. The minimum atomic E-state index is -0.342. The van der Waals surface area contributed by atoms with Crippen molar-refractivity contribution in [2.24, 2.45) is 0 Å². The molecule has 2 rings (SSSR count). The Labute approximate surface area is 121 Å². The maximum Gasteiger partial charge on any atom is 0.314 e. The third-order valence-electron chi connectivity index (χ3n) is 3.56. The molecule has 0 amide bonds. The van der Waals surface area contributed by atoms with Crippen LogP contribution >= 0.6 is 15.9 Å². The second-order valence-corrected chi connectivity index (χ2v) is 5.51. The van der Waals surface area contributed by atoms with Gasteiger partial charge in [0.05, 0.1) is 25.2 Å². The van der Waals surface area contributed by atoms with Gasteiger partial charge in [-0.25, -0.2) is 0 Å². The summed E-state index contributed by atoms with van der Waals surface area (Å²) in [5.41, 5.74) is 0.941. The molecule has 4 nitrogen and oxygen atoms in total. The third kappa shape index (κ3) is 3.16. The molecule has 1 aliphatic heterocycles. The number of carbonyl (C=O) groups is 1. The van der Waals surface area contributed by atoms with Gasteiger partial charge < -0.3 is 14.8 Å². The summed E-state index contributed by atoms with van der Waals surface area (Å²) in [4.78, 5) is 12.1. The lowest BCUT2D eigenvalue weighted by atomic mass is 9.89. The smallest absolute Gasteiger partial charge is 0.314 e. The lowest BCUT2D eigenvalue weighted by Gasteiger charge is -2.26. The highest BCUT2D eigenvalue weighted by Gasteiger charge is 2.39. The molecule has 1 fully saturated rings. The third-order valence-corrected chi connectivity index (χ3v) is 4.08. The molecule has 1 aliphatic rings. The molecular weight excluding hydrogens is 310 g/mol. The Morgan fingerprint density at radius 2 is 2.05 bits per heavy atom. The summed E-state index contributed by atoms with van der Waals surface area (Å²) in [6, 6.07) is 7.71. The van der Waals surface area contributed by atoms with Crippen molar-refractivity contribution in [1.29, 1.82) is 0 Å². The number of esters is 1. The molecule has 1 aromatic carbocycles. The van der Waals surface area contributed by atoms with Gasteiger partial charge >= 0.3 is 5.97 Å². The second-order valence-electron chi connectivity index (χ2n) is 4.60. The quantitative estimate of drug-likeness (QED) is 0.860. The van der Waals surface area contributed by atoms with Gasteiger partial charge in [-0.3, -0.25) is 4.79 Å². The second kappa shape index (κ2) is 6.50. The van der Waals surface area contributed by atoms with Gasteiger partial charge in [-0.15, -0.1) is 0 Å². The fraction of sp³-hybridized carbons (Fsp3) is 0.500. The van der Waals surface area contributed by atoms with E-state index in [4.69, 9.17) is 9.47 Å². The molecule has 0 radical (unpaired) electrons. The van der Waals surface area contributed by atoms with Crippen molar-refractivity contribution in [2.45, 2.75) is 24.5 Å². The summed E-state index contributed by atoms with van der Waals surface area (Å²) in [5, 5.41) is 3.35. The van der Waals surface area contributed by atoms with E-state index in [1.165, 1.54) is 7.11 Å². The zero-order chi connectivity index (χ0) is 13.8. The van der Waals surface area contributed by atoms with Gasteiger partial charge in [0, 0.05) is 11.6 Å². The summed E-state index contributed by atoms with van der Waals surface area (Å²) in [6.45, 7) is 0.854. The van der Waals surface area contributed by atoms with Crippen LogP contribution in [0.15, 0.2) is 28.7 Å². The van der Waals surface area contributed by atoms with Crippen molar-refractivity contribution in [3.05, 3.63) is 34.3 Å². The van der Waals surface area contributed by atoms with Crippen LogP contribution in [0.5, 0.6) is 0 Å². The van der Waals surface area contributed by atoms with Crippen LogP contribution in [0, 0.1) is 0 Å². The Kier molecular flexibility index (Phi) is 4.96. The van der Waals surface area contributed by atoms with Crippen molar-refractivity contribution in [1.82, 2.24) is 5.32 Å². The first-order valence-electron chi connectivity index (χ1n) is 6.27. The number of hydrogen-bond donors (Lipinski definition) is 1. The van der Waals surface area contributed by atoms with Crippen LogP contribution in [0.25, 0.3) is 0 Å². The van der Waals surface area contributed by atoms with Gasteiger partial charge in [-0.05, 0) is 30.7 Å². The van der Waals surface area contributed by atoms with Crippen LogP contribution in [0.2, 0.25) is 0 Å². The molecule has 0 aliphatic carbocycles. The number of ether oxygens (including phenoxy) is 2. The SMILES string of the molecule is COC(=O)[C@H](c1ccc(Br)cc1)[C@@H]1NCC[C@H]1OC. The predicted molar refractivity (Wildman–Crippen MR) is 76.1 cm³/mol. The monoisotopic (exact) mass is 327 g/mol. The van der Waals surface area contributed by atoms with E-state index < -0.39 is 0 Å². The predicted octanol–water partition coefficient (Wildman–Crippen LogP) is 2.08. The normalized spacial score (nSPS) is 24.2. The average molecular weight is 328 g/mol. The molecule has 0 saturated carbocycles. The number of methoxy groups -OCH3 is 2. The first kappa shape index (κ1) is 14.5. The number of rotatable bonds is 4. The highest BCUT2D eigenvalue weighted by molar-refractivity contribution is 9.10. The summed E-state index contributed by atoms with van der Waals surface area (Å²) in [6.07, 6.45) is 0.943. The minimum Gasteiger partial charge on any atom is -0.469 e. The zero-order valence-corrected chi connectivity index (χ0v) is 12.6. The molecule has 104 valence electrons. The molecule has 1 N–H and O–H groups in total. The van der Waals surface area contributed by atoms with Crippen molar-refractivity contribution in [3.8, 4) is 0 Å². The molecule has 5 heteroatoms. The lowest BCUT2D eigenvalue weighted by molar-refractivity contribution is -0.144. The van der Waals surface area contributed by atoms with E-state index in [9.17, 15) is 4.79 Å². The Bertz CT molecular complexity index is 435. The van der Waals surface area contributed by atoms with Crippen molar-refractivity contribution >= 4 is 21.9 Å². The van der Waals surface area contributed by atoms with Gasteiger partial charge in [0.1, 0.15) is 0 Å². The summed E-state index contributed by atoms with van der Waals surface area (Å²) in [7, 11) is 3.10. The maximum atomic E-state index is 12.1. The Morgan fingerprint density at radius 1 is 1.37 bits per heavy atom.